The van der Waals surface area contributed by atoms with E-state index in [9.17, 15) is 13.6 Å². The third-order valence-electron chi connectivity index (χ3n) is 7.10. The predicted molar refractivity (Wildman–Crippen MR) is 169 cm³/mol. The van der Waals surface area contributed by atoms with Gasteiger partial charge in [-0.3, -0.25) is 18.8 Å². The molecule has 1 fully saturated rings. The zero-order valence-electron chi connectivity index (χ0n) is 23.9. The molecule has 1 saturated heterocycles. The van der Waals surface area contributed by atoms with Crippen LogP contribution in [0.2, 0.25) is 0 Å². The molecule has 0 unspecified atom stereocenters. The standard InChI is InChI=1S/C28H29F2N9O2S.2ClH/c1-17-12-39-23(18-10-32-38(13-18)15-24(40)34-22-7-3-6-21(29)26(22)30)11-31-28(39)27(33-17)35-25-9-19(36-42-25)14-37-8-4-5-20(37)16-41-2;;/h3,6-7,9-13,20H,4-5,8,14-16H2,1-2H3,(H,33,35)(H,34,40);2*1H/t20-;;/m1../s1. The van der Waals surface area contributed by atoms with Crippen LogP contribution in [0.4, 0.5) is 25.3 Å². The fourth-order valence-corrected chi connectivity index (χ4v) is 5.84. The van der Waals surface area contributed by atoms with Gasteiger partial charge in [-0.15, -0.1) is 24.8 Å². The number of benzene rings is 1. The Labute approximate surface area is 268 Å². The number of rotatable bonds is 10. The molecule has 5 aromatic rings. The van der Waals surface area contributed by atoms with Crippen LogP contribution in [0.3, 0.4) is 0 Å². The van der Waals surface area contributed by atoms with Crippen LogP contribution in [0, 0.1) is 18.6 Å². The number of carbonyl (C=O) groups excluding carboxylic acids is 1. The first-order chi connectivity index (χ1) is 20.4. The van der Waals surface area contributed by atoms with Crippen LogP contribution < -0.4 is 10.6 Å². The molecule has 0 spiro atoms. The minimum Gasteiger partial charge on any atom is -0.383 e. The van der Waals surface area contributed by atoms with Crippen molar-refractivity contribution in [3.63, 3.8) is 0 Å². The number of ether oxygens (including phenoxy) is 1. The molecule has 1 aliphatic rings. The Bertz CT molecular complexity index is 1750. The molecule has 6 rings (SSSR count). The number of hydrogen-bond donors (Lipinski definition) is 2. The number of likely N-dealkylation sites (tertiary alicyclic amines) is 1. The third-order valence-corrected chi connectivity index (χ3v) is 7.84. The van der Waals surface area contributed by atoms with Gasteiger partial charge in [-0.2, -0.15) is 9.47 Å². The van der Waals surface area contributed by atoms with Gasteiger partial charge >= 0.3 is 0 Å². The van der Waals surface area contributed by atoms with Crippen LogP contribution >= 0.6 is 36.3 Å². The second-order valence-electron chi connectivity index (χ2n) is 10.2. The molecular weight excluding hydrogens is 635 g/mol. The minimum atomic E-state index is -1.11. The summed E-state index contributed by atoms with van der Waals surface area (Å²) < 4.78 is 40.7. The summed E-state index contributed by atoms with van der Waals surface area (Å²) in [6.45, 7) is 4.25. The predicted octanol–water partition coefficient (Wildman–Crippen LogP) is 5.47. The average molecular weight is 667 g/mol. The van der Waals surface area contributed by atoms with E-state index in [4.69, 9.17) is 4.74 Å². The lowest BCUT2D eigenvalue weighted by Crippen LogP contribution is -2.32. The zero-order chi connectivity index (χ0) is 29.2. The Morgan fingerprint density at radius 3 is 2.86 bits per heavy atom. The molecule has 4 aromatic heterocycles. The van der Waals surface area contributed by atoms with Crippen molar-refractivity contribution in [2.24, 2.45) is 0 Å². The summed E-state index contributed by atoms with van der Waals surface area (Å²) in [4.78, 5) is 24.1. The number of hydrogen-bond acceptors (Lipinski definition) is 9. The van der Waals surface area contributed by atoms with Crippen molar-refractivity contribution < 1.29 is 18.3 Å². The van der Waals surface area contributed by atoms with E-state index in [1.165, 1.54) is 28.3 Å². The molecule has 234 valence electrons. The average Bonchev–Trinajstić information content (AvgIpc) is 3.76. The summed E-state index contributed by atoms with van der Waals surface area (Å²) in [6, 6.07) is 6.07. The lowest BCUT2D eigenvalue weighted by atomic mass is 10.2. The number of anilines is 3. The number of methoxy groups -OCH3 is 1. The highest BCUT2D eigenvalue weighted by Crippen LogP contribution is 2.29. The molecular formula is C28H31Cl2F2N9O2S. The Hall–Kier alpha value is -3.69. The molecule has 0 radical (unpaired) electrons. The molecule has 5 heterocycles. The van der Waals surface area contributed by atoms with Crippen LogP contribution in [0.25, 0.3) is 16.9 Å². The van der Waals surface area contributed by atoms with Crippen molar-refractivity contribution >= 4 is 64.4 Å². The Balaban J connectivity index is 0.00000221. The lowest BCUT2D eigenvalue weighted by Gasteiger charge is -2.22. The van der Waals surface area contributed by atoms with Crippen LogP contribution in [0.15, 0.2) is 49.1 Å². The maximum Gasteiger partial charge on any atom is 0.246 e. The minimum absolute atomic E-state index is 0. The van der Waals surface area contributed by atoms with Gasteiger partial charge < -0.3 is 15.4 Å². The van der Waals surface area contributed by atoms with E-state index in [1.807, 2.05) is 23.6 Å². The van der Waals surface area contributed by atoms with E-state index in [-0.39, 0.29) is 37.0 Å². The van der Waals surface area contributed by atoms with Gasteiger partial charge in [0.2, 0.25) is 5.91 Å². The second kappa shape index (κ2) is 14.4. The molecule has 11 nitrogen and oxygen atoms in total. The Morgan fingerprint density at radius 1 is 1.20 bits per heavy atom. The Morgan fingerprint density at radius 2 is 2.05 bits per heavy atom. The topological polar surface area (TPSA) is 114 Å². The summed E-state index contributed by atoms with van der Waals surface area (Å²) in [5, 5.41) is 10.9. The number of imidazole rings is 1. The summed E-state index contributed by atoms with van der Waals surface area (Å²) in [6.07, 6.45) is 9.20. The van der Waals surface area contributed by atoms with Crippen LogP contribution in [-0.2, 0) is 22.6 Å². The number of aryl methyl sites for hydroxylation is 1. The van der Waals surface area contributed by atoms with Crippen molar-refractivity contribution in [1.29, 1.82) is 0 Å². The molecule has 16 heteroatoms. The summed E-state index contributed by atoms with van der Waals surface area (Å²) in [5.74, 6) is -2.09. The molecule has 1 aliphatic heterocycles. The van der Waals surface area contributed by atoms with Gasteiger partial charge in [0.1, 0.15) is 11.5 Å². The second-order valence-corrected chi connectivity index (χ2v) is 11.0. The van der Waals surface area contributed by atoms with Gasteiger partial charge in [-0.1, -0.05) is 6.07 Å². The van der Waals surface area contributed by atoms with Gasteiger partial charge in [0.05, 0.1) is 41.8 Å². The number of amides is 1. The van der Waals surface area contributed by atoms with Crippen molar-refractivity contribution in [2.45, 2.75) is 38.9 Å². The number of fused-ring (bicyclic) bond motifs is 1. The normalized spacial score (nSPS) is 14.8. The van der Waals surface area contributed by atoms with E-state index in [0.29, 0.717) is 17.5 Å². The first-order valence-electron chi connectivity index (χ1n) is 13.4. The van der Waals surface area contributed by atoms with Crippen molar-refractivity contribution in [3.8, 4) is 11.3 Å². The highest BCUT2D eigenvalue weighted by atomic mass is 35.5. The van der Waals surface area contributed by atoms with E-state index >= 15 is 0 Å². The molecule has 44 heavy (non-hydrogen) atoms. The number of aromatic nitrogens is 6. The van der Waals surface area contributed by atoms with Gasteiger partial charge in [0.25, 0.3) is 0 Å². The quantitative estimate of drug-likeness (QED) is 0.202. The van der Waals surface area contributed by atoms with Gasteiger partial charge in [0, 0.05) is 37.7 Å². The molecule has 1 aromatic carbocycles. The SMILES string of the molecule is COC[C@H]1CCCN1Cc1cc(Nc2nc(C)cn3c(-c4cnn(CC(=O)Nc5cccc(F)c5F)c4)cnc23)sn1.Cl.Cl. The first-order valence-corrected chi connectivity index (χ1v) is 14.2. The monoisotopic (exact) mass is 665 g/mol. The largest absolute Gasteiger partial charge is 0.383 e. The van der Waals surface area contributed by atoms with Crippen LogP contribution in [-0.4, -0.2) is 65.6 Å². The molecule has 0 saturated carbocycles. The fourth-order valence-electron chi connectivity index (χ4n) is 5.18. The molecule has 1 amide bonds. The van der Waals surface area contributed by atoms with E-state index in [2.05, 4.69) is 35.0 Å². The fraction of sp³-hybridized carbons (Fsp3) is 0.321. The zero-order valence-corrected chi connectivity index (χ0v) is 26.3. The van der Waals surface area contributed by atoms with Crippen LogP contribution in [0.5, 0.6) is 0 Å². The number of nitrogens with zero attached hydrogens (tertiary/aromatic N) is 7. The number of halogens is 4. The Kier molecular flexibility index (Phi) is 10.9. The number of carbonyl (C=O) groups is 1. The van der Waals surface area contributed by atoms with E-state index in [0.717, 1.165) is 66.3 Å². The first kappa shape index (κ1) is 33.2. The van der Waals surface area contributed by atoms with E-state index in [1.54, 1.807) is 25.7 Å². The third kappa shape index (κ3) is 7.16. The van der Waals surface area contributed by atoms with Gasteiger partial charge in [-0.05, 0) is 56.0 Å². The van der Waals surface area contributed by atoms with Crippen molar-refractivity contribution in [1.82, 2.24) is 33.4 Å². The maximum atomic E-state index is 13.9. The van der Waals surface area contributed by atoms with Crippen molar-refractivity contribution in [2.75, 3.05) is 30.9 Å². The molecule has 0 aliphatic carbocycles. The highest BCUT2D eigenvalue weighted by molar-refractivity contribution is 7.10. The smallest absolute Gasteiger partial charge is 0.246 e. The number of nitrogens with one attached hydrogen (secondary N) is 2. The lowest BCUT2D eigenvalue weighted by molar-refractivity contribution is -0.116. The molecule has 2 N–H and O–H groups in total. The van der Waals surface area contributed by atoms with Crippen molar-refractivity contribution in [3.05, 3.63) is 72.1 Å². The maximum absolute atomic E-state index is 13.9. The molecule has 0 bridgehead atoms. The summed E-state index contributed by atoms with van der Waals surface area (Å²) in [5.41, 5.74) is 3.64. The van der Waals surface area contributed by atoms with Crippen LogP contribution in [0.1, 0.15) is 24.2 Å². The highest BCUT2D eigenvalue weighted by Gasteiger charge is 2.25. The van der Waals surface area contributed by atoms with E-state index < -0.39 is 17.5 Å². The van der Waals surface area contributed by atoms with Gasteiger partial charge in [0.15, 0.2) is 23.1 Å². The molecule has 1 atom stereocenters. The summed E-state index contributed by atoms with van der Waals surface area (Å²) >= 11 is 1.38. The summed E-state index contributed by atoms with van der Waals surface area (Å²) in [7, 11) is 1.74. The van der Waals surface area contributed by atoms with Gasteiger partial charge in [-0.25, -0.2) is 18.7 Å².